The van der Waals surface area contributed by atoms with Gasteiger partial charge in [-0.1, -0.05) is 258 Å². The highest BCUT2D eigenvalue weighted by molar-refractivity contribution is 5.72. The molecule has 0 aromatic rings. The molecule has 0 fully saturated rings. The molecule has 6 heteroatoms. The molecular formula is C64H104O6. The van der Waals surface area contributed by atoms with Crippen LogP contribution in [-0.2, 0) is 28.6 Å². The molecule has 0 radical (unpaired) electrons. The maximum Gasteiger partial charge on any atom is 0.310 e. The summed E-state index contributed by atoms with van der Waals surface area (Å²) in [6, 6.07) is 0. The molecular weight excluding hydrogens is 865 g/mol. The van der Waals surface area contributed by atoms with E-state index in [2.05, 4.69) is 130 Å². The van der Waals surface area contributed by atoms with Crippen LogP contribution in [-0.4, -0.2) is 37.2 Å². The van der Waals surface area contributed by atoms with E-state index in [4.69, 9.17) is 14.2 Å². The summed E-state index contributed by atoms with van der Waals surface area (Å²) < 4.78 is 16.7. The number of carbonyl (C=O) groups is 3. The topological polar surface area (TPSA) is 78.9 Å². The third-order valence-corrected chi connectivity index (χ3v) is 11.7. The minimum atomic E-state index is -0.832. The molecule has 0 rings (SSSR count). The molecule has 0 aromatic carbocycles. The van der Waals surface area contributed by atoms with E-state index in [0.29, 0.717) is 12.8 Å². The monoisotopic (exact) mass is 969 g/mol. The minimum Gasteiger partial charge on any atom is -0.462 e. The fourth-order valence-electron chi connectivity index (χ4n) is 7.54. The highest BCUT2D eigenvalue weighted by atomic mass is 16.6. The lowest BCUT2D eigenvalue weighted by Gasteiger charge is -2.18. The molecule has 0 amide bonds. The maximum atomic E-state index is 12.7. The van der Waals surface area contributed by atoms with Gasteiger partial charge in [-0.3, -0.25) is 14.4 Å². The summed E-state index contributed by atoms with van der Waals surface area (Å²) in [6.07, 6.45) is 79.6. The Balaban J connectivity index is 4.22. The first-order valence-corrected chi connectivity index (χ1v) is 28.5. The molecule has 0 saturated heterocycles. The molecule has 1 unspecified atom stereocenters. The number of allylic oxidation sites excluding steroid dienone is 19. The van der Waals surface area contributed by atoms with E-state index in [1.165, 1.54) is 103 Å². The zero-order chi connectivity index (χ0) is 50.7. The van der Waals surface area contributed by atoms with Crippen LogP contribution in [0.5, 0.6) is 0 Å². The SMILES string of the molecule is CC/C=C\C/C=C\C/C=C\C/C=C\C/C=C\CCCCCCCCCCCCCCCC(=O)OCC(COC(=O)CCCCCCCCCC)OC(=O)C/C=C\C/C=C\C/C=C\C/C=C\C/C=C\CC. The molecule has 0 aromatic heterocycles. The first-order chi connectivity index (χ1) is 34.5. The van der Waals surface area contributed by atoms with E-state index in [9.17, 15) is 14.4 Å². The summed E-state index contributed by atoms with van der Waals surface area (Å²) in [7, 11) is 0. The fourth-order valence-corrected chi connectivity index (χ4v) is 7.54. The molecule has 0 aliphatic rings. The van der Waals surface area contributed by atoms with Crippen molar-refractivity contribution in [3.8, 4) is 0 Å². The van der Waals surface area contributed by atoms with Crippen LogP contribution in [0, 0.1) is 0 Å². The summed E-state index contributed by atoms with van der Waals surface area (Å²) >= 11 is 0. The Morgan fingerprint density at radius 1 is 0.314 bits per heavy atom. The number of unbranched alkanes of at least 4 members (excludes halogenated alkanes) is 20. The van der Waals surface area contributed by atoms with Gasteiger partial charge in [0.2, 0.25) is 0 Å². The van der Waals surface area contributed by atoms with E-state index in [1.807, 2.05) is 6.08 Å². The van der Waals surface area contributed by atoms with Crippen molar-refractivity contribution < 1.29 is 28.6 Å². The van der Waals surface area contributed by atoms with Gasteiger partial charge >= 0.3 is 17.9 Å². The first kappa shape index (κ1) is 65.8. The van der Waals surface area contributed by atoms with Gasteiger partial charge in [0.15, 0.2) is 6.10 Å². The highest BCUT2D eigenvalue weighted by Crippen LogP contribution is 2.15. The predicted octanol–water partition coefficient (Wildman–Crippen LogP) is 19.3. The summed E-state index contributed by atoms with van der Waals surface area (Å²) in [5, 5.41) is 0. The second-order valence-corrected chi connectivity index (χ2v) is 18.5. The quantitative estimate of drug-likeness (QED) is 0.0262. The predicted molar refractivity (Wildman–Crippen MR) is 302 cm³/mol. The molecule has 0 aliphatic heterocycles. The van der Waals surface area contributed by atoms with Crippen LogP contribution in [0.4, 0.5) is 0 Å². The Kier molecular flexibility index (Phi) is 54.0. The molecule has 6 nitrogen and oxygen atoms in total. The Morgan fingerprint density at radius 2 is 0.600 bits per heavy atom. The zero-order valence-electron chi connectivity index (χ0n) is 45.2. The van der Waals surface area contributed by atoms with Gasteiger partial charge in [-0.15, -0.1) is 0 Å². The molecule has 0 spiro atoms. The van der Waals surface area contributed by atoms with Crippen LogP contribution in [0.3, 0.4) is 0 Å². The van der Waals surface area contributed by atoms with Gasteiger partial charge < -0.3 is 14.2 Å². The number of hydrogen-bond acceptors (Lipinski definition) is 6. The number of carbonyl (C=O) groups excluding carboxylic acids is 3. The van der Waals surface area contributed by atoms with Crippen molar-refractivity contribution in [3.63, 3.8) is 0 Å². The van der Waals surface area contributed by atoms with Crippen molar-refractivity contribution in [2.24, 2.45) is 0 Å². The van der Waals surface area contributed by atoms with Gasteiger partial charge in [0.1, 0.15) is 13.2 Å². The minimum absolute atomic E-state index is 0.0949. The van der Waals surface area contributed by atoms with Crippen LogP contribution >= 0.6 is 0 Å². The largest absolute Gasteiger partial charge is 0.462 e. The number of esters is 3. The Bertz CT molecular complexity index is 1490. The summed E-state index contributed by atoms with van der Waals surface area (Å²) in [4.78, 5) is 37.9. The van der Waals surface area contributed by atoms with Crippen LogP contribution < -0.4 is 0 Å². The normalized spacial score (nSPS) is 13.0. The second-order valence-electron chi connectivity index (χ2n) is 18.5. The van der Waals surface area contributed by atoms with Gasteiger partial charge in [-0.25, -0.2) is 0 Å². The average Bonchev–Trinajstić information content (AvgIpc) is 3.36. The van der Waals surface area contributed by atoms with Crippen molar-refractivity contribution in [1.82, 2.24) is 0 Å². The molecule has 0 saturated carbocycles. The van der Waals surface area contributed by atoms with E-state index >= 15 is 0 Å². The van der Waals surface area contributed by atoms with Crippen molar-refractivity contribution in [1.29, 1.82) is 0 Å². The van der Waals surface area contributed by atoms with Gasteiger partial charge in [0.25, 0.3) is 0 Å². The summed E-state index contributed by atoms with van der Waals surface area (Å²) in [6.45, 7) is 6.29. The first-order valence-electron chi connectivity index (χ1n) is 28.5. The smallest absolute Gasteiger partial charge is 0.310 e. The number of hydrogen-bond donors (Lipinski definition) is 0. The molecule has 70 heavy (non-hydrogen) atoms. The third-order valence-electron chi connectivity index (χ3n) is 11.7. The van der Waals surface area contributed by atoms with Crippen molar-refractivity contribution >= 4 is 17.9 Å². The lowest BCUT2D eigenvalue weighted by atomic mass is 10.0. The van der Waals surface area contributed by atoms with Crippen molar-refractivity contribution in [3.05, 3.63) is 122 Å². The van der Waals surface area contributed by atoms with Crippen LogP contribution in [0.1, 0.15) is 245 Å². The third kappa shape index (κ3) is 54.7. The summed E-state index contributed by atoms with van der Waals surface area (Å²) in [5.74, 6) is -1.06. The van der Waals surface area contributed by atoms with Crippen LogP contribution in [0.25, 0.3) is 0 Å². The lowest BCUT2D eigenvalue weighted by molar-refractivity contribution is -0.166. The zero-order valence-corrected chi connectivity index (χ0v) is 45.2. The lowest BCUT2D eigenvalue weighted by Crippen LogP contribution is -2.30. The highest BCUT2D eigenvalue weighted by Gasteiger charge is 2.19. The molecule has 1 atom stereocenters. The van der Waals surface area contributed by atoms with Crippen molar-refractivity contribution in [2.75, 3.05) is 13.2 Å². The van der Waals surface area contributed by atoms with Gasteiger partial charge in [-0.05, 0) is 89.9 Å². The number of ether oxygens (including phenoxy) is 3. The number of rotatable bonds is 50. The molecule has 396 valence electrons. The second kappa shape index (κ2) is 57.4. The van der Waals surface area contributed by atoms with E-state index in [1.54, 1.807) is 6.08 Å². The molecule has 0 bridgehead atoms. The van der Waals surface area contributed by atoms with Gasteiger partial charge in [0.05, 0.1) is 6.42 Å². The van der Waals surface area contributed by atoms with Crippen LogP contribution in [0.2, 0.25) is 0 Å². The Morgan fingerprint density at radius 3 is 0.943 bits per heavy atom. The van der Waals surface area contributed by atoms with E-state index in [0.717, 1.165) is 103 Å². The van der Waals surface area contributed by atoms with Crippen molar-refractivity contribution in [2.45, 2.75) is 252 Å². The Hall–Kier alpha value is -4.19. The fraction of sp³-hybridized carbons (Fsp3) is 0.641. The molecule has 0 heterocycles. The summed E-state index contributed by atoms with van der Waals surface area (Å²) in [5.41, 5.74) is 0. The van der Waals surface area contributed by atoms with Gasteiger partial charge in [0, 0.05) is 12.8 Å². The van der Waals surface area contributed by atoms with E-state index < -0.39 is 12.1 Å². The molecule has 0 aliphatic carbocycles. The maximum absolute atomic E-state index is 12.7. The Labute approximate surface area is 431 Å². The average molecular weight is 970 g/mol. The molecule has 0 N–H and O–H groups in total. The standard InChI is InChI=1S/C64H104O6/c1-4-7-10-13-16-19-21-23-25-26-27-28-29-30-31-32-33-34-35-36-37-38-40-41-43-45-48-51-54-57-63(66)69-60-61(59-68-62(65)56-53-50-47-18-15-12-9-6-3)70-64(67)58-55-52-49-46-44-42-39-24-22-20-17-14-11-8-5-2/h7-8,10-11,16-17,19-20,23-25,27-28,30-31,39,44,46,52,55,61H,4-6,9,12-15,18,21-22,26,29,32-38,40-43,45,47-51,53-54,56-60H2,1-3H3/b10-7-,11-8-,19-16-,20-17-,25-23-,28-27-,31-30-,39-24-,46-44-,55-52-. The van der Waals surface area contributed by atoms with E-state index in [-0.39, 0.29) is 31.6 Å². The van der Waals surface area contributed by atoms with Gasteiger partial charge in [-0.2, -0.15) is 0 Å². The van der Waals surface area contributed by atoms with Crippen LogP contribution in [0.15, 0.2) is 122 Å².